The van der Waals surface area contributed by atoms with Gasteiger partial charge in [0.15, 0.2) is 6.29 Å². The summed E-state index contributed by atoms with van der Waals surface area (Å²) in [7, 11) is 2.37. The molecule has 0 aliphatic carbocycles. The largest absolute Gasteiger partial charge is 0.388 e. The van der Waals surface area contributed by atoms with Crippen LogP contribution in [-0.2, 0) is 4.79 Å². The molecule has 0 aliphatic rings. The summed E-state index contributed by atoms with van der Waals surface area (Å²) < 4.78 is 0. The van der Waals surface area contributed by atoms with E-state index in [1.807, 2.05) is 0 Å². The molecule has 0 aliphatic heterocycles. The SMILES string of the molecule is CN(CC(=O)N[B]C#N)C(=O)c1ccccc1C=O. The van der Waals surface area contributed by atoms with E-state index in [1.165, 1.54) is 24.1 Å². The van der Waals surface area contributed by atoms with Gasteiger partial charge in [0.25, 0.3) is 5.91 Å². The summed E-state index contributed by atoms with van der Waals surface area (Å²) in [6.45, 7) is -0.204. The number of nitrogens with zero attached hydrogens (tertiary/aromatic N) is 2. The molecule has 19 heavy (non-hydrogen) atoms. The van der Waals surface area contributed by atoms with Crippen LogP contribution >= 0.6 is 0 Å². The minimum atomic E-state index is -0.485. The van der Waals surface area contributed by atoms with Crippen molar-refractivity contribution in [1.82, 2.24) is 10.1 Å². The quantitative estimate of drug-likeness (QED) is 0.582. The number of rotatable bonds is 5. The van der Waals surface area contributed by atoms with Crippen molar-refractivity contribution in [3.63, 3.8) is 0 Å². The van der Waals surface area contributed by atoms with Crippen LogP contribution < -0.4 is 5.23 Å². The molecule has 1 radical (unpaired) electrons. The summed E-state index contributed by atoms with van der Waals surface area (Å²) in [6.07, 6.45) is 0.588. The maximum absolute atomic E-state index is 12.0. The smallest absolute Gasteiger partial charge is 0.386 e. The zero-order chi connectivity index (χ0) is 14.3. The van der Waals surface area contributed by atoms with Gasteiger partial charge in [-0.2, -0.15) is 0 Å². The van der Waals surface area contributed by atoms with E-state index in [4.69, 9.17) is 5.26 Å². The molecule has 0 heterocycles. The fourth-order valence-electron chi connectivity index (χ4n) is 1.45. The first-order chi connectivity index (χ1) is 9.10. The summed E-state index contributed by atoms with van der Waals surface area (Å²) in [6, 6.07) is 6.33. The van der Waals surface area contributed by atoms with Crippen LogP contribution in [0, 0.1) is 11.2 Å². The average Bonchev–Trinajstić information content (AvgIpc) is 2.44. The van der Waals surface area contributed by atoms with Crippen LogP contribution in [0.25, 0.3) is 0 Å². The molecule has 1 aromatic rings. The number of hydrogen-bond acceptors (Lipinski definition) is 4. The van der Waals surface area contributed by atoms with Gasteiger partial charge in [-0.3, -0.25) is 14.4 Å². The van der Waals surface area contributed by atoms with E-state index in [0.29, 0.717) is 6.29 Å². The van der Waals surface area contributed by atoms with Crippen molar-refractivity contribution in [3.8, 4) is 5.97 Å². The maximum atomic E-state index is 12.0. The van der Waals surface area contributed by atoms with Gasteiger partial charge >= 0.3 is 7.41 Å². The van der Waals surface area contributed by atoms with E-state index in [0.717, 1.165) is 7.41 Å². The van der Waals surface area contributed by atoms with Gasteiger partial charge in [-0.25, -0.2) is 5.26 Å². The number of carbonyl (C=O) groups is 3. The fourth-order valence-corrected chi connectivity index (χ4v) is 1.45. The summed E-state index contributed by atoms with van der Waals surface area (Å²) in [4.78, 5) is 35.4. The van der Waals surface area contributed by atoms with Gasteiger partial charge in [0, 0.05) is 18.6 Å². The zero-order valence-electron chi connectivity index (χ0n) is 10.3. The summed E-state index contributed by atoms with van der Waals surface area (Å²) in [5.41, 5.74) is 0.500. The van der Waals surface area contributed by atoms with Gasteiger partial charge in [-0.1, -0.05) is 18.2 Å². The van der Waals surface area contributed by atoms with Crippen molar-refractivity contribution in [2.45, 2.75) is 0 Å². The highest BCUT2D eigenvalue weighted by molar-refractivity contribution is 6.45. The Hall–Kier alpha value is -2.62. The van der Waals surface area contributed by atoms with Crippen LogP contribution in [-0.4, -0.2) is 44.0 Å². The first-order valence-electron chi connectivity index (χ1n) is 5.40. The predicted molar refractivity (Wildman–Crippen MR) is 68.3 cm³/mol. The number of amides is 2. The van der Waals surface area contributed by atoms with Crippen molar-refractivity contribution < 1.29 is 14.4 Å². The molecular weight excluding hydrogens is 245 g/mol. The van der Waals surface area contributed by atoms with Gasteiger partial charge < -0.3 is 10.1 Å². The Balaban J connectivity index is 2.74. The number of carbonyl (C=O) groups excluding carboxylic acids is 3. The molecule has 1 rings (SSSR count). The van der Waals surface area contributed by atoms with Crippen molar-refractivity contribution in [2.75, 3.05) is 13.6 Å². The minimum Gasteiger partial charge on any atom is -0.388 e. The highest BCUT2D eigenvalue weighted by atomic mass is 16.2. The van der Waals surface area contributed by atoms with Gasteiger partial charge in [-0.15, -0.1) is 0 Å². The van der Waals surface area contributed by atoms with Crippen molar-refractivity contribution in [3.05, 3.63) is 35.4 Å². The lowest BCUT2D eigenvalue weighted by atomic mass is 9.99. The predicted octanol–water partition coefficient (Wildman–Crippen LogP) is -0.212. The fraction of sp³-hybridized carbons (Fsp3) is 0.167. The van der Waals surface area contributed by atoms with Crippen LogP contribution in [0.3, 0.4) is 0 Å². The first kappa shape index (κ1) is 14.4. The topological polar surface area (TPSA) is 90.3 Å². The van der Waals surface area contributed by atoms with E-state index >= 15 is 0 Å². The molecule has 0 saturated carbocycles. The van der Waals surface area contributed by atoms with E-state index < -0.39 is 11.8 Å². The molecule has 0 unspecified atom stereocenters. The normalized spacial score (nSPS) is 9.05. The summed E-state index contributed by atoms with van der Waals surface area (Å²) >= 11 is 0. The van der Waals surface area contributed by atoms with Crippen LogP contribution in [0.1, 0.15) is 20.7 Å². The summed E-state index contributed by atoms with van der Waals surface area (Å²) in [5.74, 6) is 0.724. The van der Waals surface area contributed by atoms with E-state index in [-0.39, 0.29) is 17.7 Å². The highest BCUT2D eigenvalue weighted by Crippen LogP contribution is 2.08. The number of aldehydes is 1. The second-order valence-electron chi connectivity index (χ2n) is 3.71. The molecule has 0 saturated heterocycles. The van der Waals surface area contributed by atoms with Gasteiger partial charge in [0.1, 0.15) is 0 Å². The molecule has 0 spiro atoms. The van der Waals surface area contributed by atoms with Crippen LogP contribution in [0.5, 0.6) is 0 Å². The Morgan fingerprint density at radius 3 is 2.79 bits per heavy atom. The van der Waals surface area contributed by atoms with Crippen LogP contribution in [0.4, 0.5) is 0 Å². The van der Waals surface area contributed by atoms with Crippen LogP contribution in [0.15, 0.2) is 24.3 Å². The van der Waals surface area contributed by atoms with Gasteiger partial charge in [0.2, 0.25) is 5.91 Å². The van der Waals surface area contributed by atoms with Crippen molar-refractivity contribution in [1.29, 1.82) is 5.26 Å². The molecule has 2 amide bonds. The van der Waals surface area contributed by atoms with E-state index in [2.05, 4.69) is 5.23 Å². The zero-order valence-corrected chi connectivity index (χ0v) is 10.3. The summed E-state index contributed by atoms with van der Waals surface area (Å²) in [5, 5.41) is 10.5. The Labute approximate surface area is 111 Å². The van der Waals surface area contributed by atoms with Gasteiger partial charge in [-0.05, 0) is 6.07 Å². The third-order valence-corrected chi connectivity index (χ3v) is 2.34. The number of hydrogen-bond donors (Lipinski definition) is 1. The van der Waals surface area contributed by atoms with E-state index in [1.54, 1.807) is 18.1 Å². The lowest BCUT2D eigenvalue weighted by Crippen LogP contribution is -2.39. The average molecular weight is 256 g/mol. The monoisotopic (exact) mass is 256 g/mol. The Bertz CT molecular complexity index is 539. The van der Waals surface area contributed by atoms with Crippen molar-refractivity contribution in [2.24, 2.45) is 0 Å². The van der Waals surface area contributed by atoms with Crippen LogP contribution in [0.2, 0.25) is 0 Å². The second-order valence-corrected chi connectivity index (χ2v) is 3.71. The molecule has 0 bridgehead atoms. The first-order valence-corrected chi connectivity index (χ1v) is 5.40. The third-order valence-electron chi connectivity index (χ3n) is 2.34. The molecule has 6 nitrogen and oxygen atoms in total. The van der Waals surface area contributed by atoms with Crippen molar-refractivity contribution >= 4 is 25.5 Å². The van der Waals surface area contributed by atoms with E-state index in [9.17, 15) is 14.4 Å². The lowest BCUT2D eigenvalue weighted by molar-refractivity contribution is -0.119. The molecule has 7 heteroatoms. The number of nitrogens with one attached hydrogen (secondary N) is 1. The molecule has 1 aromatic carbocycles. The standard InChI is InChI=1S/C12H11BN3O3/c1-16(6-11(18)15-13-8-14)12(19)10-5-3-2-4-9(10)7-17/h2-5,7H,6H2,1H3,(H,15,18). The Morgan fingerprint density at radius 1 is 1.47 bits per heavy atom. The third kappa shape index (κ3) is 3.96. The molecule has 0 fully saturated rings. The number of benzene rings is 1. The molecule has 95 valence electrons. The maximum Gasteiger partial charge on any atom is 0.386 e. The number of nitriles is 1. The Morgan fingerprint density at radius 2 is 2.16 bits per heavy atom. The molecule has 1 N–H and O–H groups in total. The second kappa shape index (κ2) is 6.96. The van der Waals surface area contributed by atoms with Gasteiger partial charge in [0.05, 0.1) is 12.1 Å². The minimum absolute atomic E-state index is 0.204. The molecule has 0 aromatic heterocycles. The molecular formula is C12H11BN3O3. The highest BCUT2D eigenvalue weighted by Gasteiger charge is 2.17. The lowest BCUT2D eigenvalue weighted by Gasteiger charge is -2.17. The molecule has 0 atom stereocenters. The number of likely N-dealkylation sites (N-methyl/N-ethyl adjacent to an activating group) is 1. The Kier molecular flexibility index (Phi) is 5.29.